The number of anilines is 1. The van der Waals surface area contributed by atoms with Crippen molar-refractivity contribution in [1.29, 1.82) is 0 Å². The van der Waals surface area contributed by atoms with Crippen molar-refractivity contribution in [3.05, 3.63) is 54.6 Å². The second-order valence-electron chi connectivity index (χ2n) is 9.24. The molecule has 3 rings (SSSR count). The Kier molecular flexibility index (Phi) is 10.2. The highest BCUT2D eigenvalue weighted by atomic mass is 16.5. The molecule has 2 aromatic carbocycles. The predicted octanol–water partition coefficient (Wildman–Crippen LogP) is 5.27. The van der Waals surface area contributed by atoms with Gasteiger partial charge in [-0.05, 0) is 55.7 Å². The zero-order valence-corrected chi connectivity index (χ0v) is 20.7. The summed E-state index contributed by atoms with van der Waals surface area (Å²) in [6, 6.07) is 17.1. The monoisotopic (exact) mass is 468 g/mol. The van der Waals surface area contributed by atoms with Crippen LogP contribution in [0.2, 0.25) is 0 Å². The largest absolute Gasteiger partial charge is 0.494 e. The average Bonchev–Trinajstić information content (AvgIpc) is 2.83. The lowest BCUT2D eigenvalue weighted by Crippen LogP contribution is -2.58. The van der Waals surface area contributed by atoms with Gasteiger partial charge in [-0.15, -0.1) is 0 Å². The fraction of sp³-hybridized carbons (Fsp3) is 0.536. The first-order valence-corrected chi connectivity index (χ1v) is 12.7. The molecule has 0 unspecified atom stereocenters. The molecule has 0 aromatic heterocycles. The third-order valence-corrected chi connectivity index (χ3v) is 6.39. The smallest absolute Gasteiger partial charge is 0.238 e. The van der Waals surface area contributed by atoms with Crippen LogP contribution in [0.4, 0.5) is 5.69 Å². The number of nitrogens with one attached hydrogen (secondary N) is 1. The van der Waals surface area contributed by atoms with Crippen LogP contribution in [0.1, 0.15) is 58.8 Å². The average molecular weight is 469 g/mol. The van der Waals surface area contributed by atoms with Crippen LogP contribution >= 0.6 is 0 Å². The molecule has 0 radical (unpaired) electrons. The number of rotatable bonds is 13. The Bertz CT molecular complexity index is 858. The van der Waals surface area contributed by atoms with E-state index >= 15 is 0 Å². The van der Waals surface area contributed by atoms with Crippen LogP contribution in [0.3, 0.4) is 0 Å². The van der Waals surface area contributed by atoms with Crippen molar-refractivity contribution in [2.75, 3.05) is 31.6 Å². The summed E-state index contributed by atoms with van der Waals surface area (Å²) in [5, 5.41) is 14.4. The number of likely N-dealkylation sites (tertiary alicyclic amines) is 1. The third-order valence-electron chi connectivity index (χ3n) is 6.39. The van der Waals surface area contributed by atoms with Gasteiger partial charge in [-0.1, -0.05) is 57.7 Å². The predicted molar refractivity (Wildman–Crippen MR) is 136 cm³/mol. The molecule has 1 saturated heterocycles. The van der Waals surface area contributed by atoms with Crippen molar-refractivity contribution >= 4 is 11.6 Å². The van der Waals surface area contributed by atoms with Gasteiger partial charge in [-0.25, -0.2) is 0 Å². The van der Waals surface area contributed by atoms with Crippen molar-refractivity contribution in [1.82, 2.24) is 4.90 Å². The third kappa shape index (κ3) is 8.03. The van der Waals surface area contributed by atoms with Gasteiger partial charge in [0.1, 0.15) is 23.2 Å². The van der Waals surface area contributed by atoms with Gasteiger partial charge in [0.25, 0.3) is 0 Å². The van der Waals surface area contributed by atoms with E-state index in [9.17, 15) is 9.90 Å². The number of amides is 1. The number of piperidine rings is 1. The molecule has 6 nitrogen and oxygen atoms in total. The SMILES string of the molecule is CCCCC[C@]1(O)CCN(CC(=O)Nc2ccc(OCCCC)cc2)C[C@@H]1Oc1ccccc1. The number of carbonyl (C=O) groups is 1. The first kappa shape index (κ1) is 26.0. The van der Waals surface area contributed by atoms with Crippen LogP contribution in [0.25, 0.3) is 0 Å². The van der Waals surface area contributed by atoms with Crippen molar-refractivity contribution in [2.24, 2.45) is 0 Å². The summed E-state index contributed by atoms with van der Waals surface area (Å²) in [6.07, 6.45) is 6.21. The molecule has 2 atom stereocenters. The summed E-state index contributed by atoms with van der Waals surface area (Å²) >= 11 is 0. The minimum Gasteiger partial charge on any atom is -0.494 e. The molecule has 2 N–H and O–H groups in total. The van der Waals surface area contributed by atoms with Crippen LogP contribution in [-0.4, -0.2) is 53.9 Å². The maximum atomic E-state index is 12.7. The molecule has 1 amide bonds. The fourth-order valence-corrected chi connectivity index (χ4v) is 4.30. The standard InChI is InChI=1S/C28H40N2O4/c1-3-5-10-17-28(32)18-19-30(21-26(28)34-25-11-8-7-9-12-25)22-27(31)29-23-13-15-24(16-14-23)33-20-6-4-2/h7-9,11-16,26,32H,3-6,10,17-22H2,1-2H3,(H,29,31)/t26-,28-/m0/s1. The highest BCUT2D eigenvalue weighted by Gasteiger charge is 2.43. The van der Waals surface area contributed by atoms with Gasteiger partial charge >= 0.3 is 0 Å². The maximum Gasteiger partial charge on any atom is 0.238 e. The van der Waals surface area contributed by atoms with Crippen molar-refractivity contribution in [3.63, 3.8) is 0 Å². The number of ether oxygens (including phenoxy) is 2. The van der Waals surface area contributed by atoms with E-state index in [1.807, 2.05) is 54.6 Å². The molecular weight excluding hydrogens is 428 g/mol. The molecule has 186 valence electrons. The van der Waals surface area contributed by atoms with Gasteiger partial charge in [0.05, 0.1) is 13.2 Å². The lowest BCUT2D eigenvalue weighted by atomic mass is 9.83. The van der Waals surface area contributed by atoms with E-state index in [1.54, 1.807) is 0 Å². The number of unbranched alkanes of at least 4 members (excludes halogenated alkanes) is 3. The Labute approximate surface area is 204 Å². The molecule has 34 heavy (non-hydrogen) atoms. The van der Waals surface area contributed by atoms with Crippen LogP contribution < -0.4 is 14.8 Å². The molecular formula is C28H40N2O4. The first-order valence-electron chi connectivity index (χ1n) is 12.7. The summed E-state index contributed by atoms with van der Waals surface area (Å²) in [6.45, 7) is 6.43. The Hall–Kier alpha value is -2.57. The summed E-state index contributed by atoms with van der Waals surface area (Å²) in [7, 11) is 0. The summed E-state index contributed by atoms with van der Waals surface area (Å²) in [5.74, 6) is 1.48. The minimum absolute atomic E-state index is 0.0745. The number of hydrogen-bond acceptors (Lipinski definition) is 5. The first-order chi connectivity index (χ1) is 16.5. The van der Waals surface area contributed by atoms with E-state index in [1.165, 1.54) is 0 Å². The number of benzene rings is 2. The van der Waals surface area contributed by atoms with Gasteiger partial charge in [-0.2, -0.15) is 0 Å². The van der Waals surface area contributed by atoms with Gasteiger partial charge in [0.15, 0.2) is 0 Å². The van der Waals surface area contributed by atoms with Gasteiger partial charge in [0, 0.05) is 18.8 Å². The van der Waals surface area contributed by atoms with Crippen LogP contribution in [0.5, 0.6) is 11.5 Å². The van der Waals surface area contributed by atoms with Crippen LogP contribution in [-0.2, 0) is 4.79 Å². The molecule has 2 aromatic rings. The van der Waals surface area contributed by atoms with Gasteiger partial charge < -0.3 is 19.9 Å². The van der Waals surface area contributed by atoms with Crippen molar-refractivity contribution in [2.45, 2.75) is 70.5 Å². The number of para-hydroxylation sites is 1. The van der Waals surface area contributed by atoms with E-state index in [0.717, 1.165) is 49.3 Å². The summed E-state index contributed by atoms with van der Waals surface area (Å²) in [5.41, 5.74) is -0.135. The van der Waals surface area contributed by atoms with Crippen molar-refractivity contribution in [3.8, 4) is 11.5 Å². The highest BCUT2D eigenvalue weighted by molar-refractivity contribution is 5.92. The number of hydrogen-bond donors (Lipinski definition) is 2. The van der Waals surface area contributed by atoms with Gasteiger partial charge in [-0.3, -0.25) is 9.69 Å². The van der Waals surface area contributed by atoms with Gasteiger partial charge in [0.2, 0.25) is 5.91 Å². The molecule has 0 bridgehead atoms. The number of nitrogens with zero attached hydrogens (tertiary/aromatic N) is 1. The van der Waals surface area contributed by atoms with E-state index in [2.05, 4.69) is 24.1 Å². The molecule has 0 spiro atoms. The van der Waals surface area contributed by atoms with Crippen molar-refractivity contribution < 1.29 is 19.4 Å². The van der Waals surface area contributed by atoms with E-state index in [0.29, 0.717) is 32.5 Å². The normalized spacial score (nSPS) is 20.6. The molecule has 0 aliphatic carbocycles. The fourth-order valence-electron chi connectivity index (χ4n) is 4.30. The van der Waals surface area contributed by atoms with E-state index in [4.69, 9.17) is 9.47 Å². The topological polar surface area (TPSA) is 71.0 Å². The molecule has 6 heteroatoms. The minimum atomic E-state index is -0.883. The lowest BCUT2D eigenvalue weighted by molar-refractivity contribution is -0.127. The molecule has 1 aliphatic rings. The Morgan fingerprint density at radius 1 is 1.03 bits per heavy atom. The quantitative estimate of drug-likeness (QED) is 0.392. The second-order valence-corrected chi connectivity index (χ2v) is 9.24. The Morgan fingerprint density at radius 3 is 2.47 bits per heavy atom. The maximum absolute atomic E-state index is 12.7. The highest BCUT2D eigenvalue weighted by Crippen LogP contribution is 2.31. The molecule has 1 fully saturated rings. The Morgan fingerprint density at radius 2 is 1.76 bits per heavy atom. The number of carbonyl (C=O) groups excluding carboxylic acids is 1. The second kappa shape index (κ2) is 13.4. The molecule has 1 aliphatic heterocycles. The number of aliphatic hydroxyl groups is 1. The summed E-state index contributed by atoms with van der Waals surface area (Å²) in [4.78, 5) is 14.8. The van der Waals surface area contributed by atoms with Crippen LogP contribution in [0, 0.1) is 0 Å². The van der Waals surface area contributed by atoms with E-state index in [-0.39, 0.29) is 18.6 Å². The molecule has 1 heterocycles. The lowest BCUT2D eigenvalue weighted by Gasteiger charge is -2.44. The zero-order chi connectivity index (χ0) is 24.2. The molecule has 0 saturated carbocycles. The van der Waals surface area contributed by atoms with Crippen LogP contribution in [0.15, 0.2) is 54.6 Å². The zero-order valence-electron chi connectivity index (χ0n) is 20.7. The Balaban J connectivity index is 1.56. The van der Waals surface area contributed by atoms with E-state index < -0.39 is 5.60 Å². The summed E-state index contributed by atoms with van der Waals surface area (Å²) < 4.78 is 11.9.